The highest BCUT2D eigenvalue weighted by Gasteiger charge is 2.30. The third kappa shape index (κ3) is 4.21. The van der Waals surface area contributed by atoms with E-state index in [2.05, 4.69) is 19.2 Å². The third-order valence-corrected chi connectivity index (χ3v) is 5.28. The largest absolute Gasteiger partial charge is 0.342 e. The number of nitrogens with one attached hydrogen (secondary N) is 1. The minimum atomic E-state index is 0.0808. The van der Waals surface area contributed by atoms with Gasteiger partial charge in [0.1, 0.15) is 0 Å². The summed E-state index contributed by atoms with van der Waals surface area (Å²) in [5.41, 5.74) is 0. The zero-order valence-corrected chi connectivity index (χ0v) is 13.4. The molecule has 2 rings (SSSR count). The average molecular weight is 280 g/mol. The van der Waals surface area contributed by atoms with E-state index in [-0.39, 0.29) is 6.04 Å². The van der Waals surface area contributed by atoms with E-state index < -0.39 is 0 Å². The minimum absolute atomic E-state index is 0.0808. The smallest absolute Gasteiger partial charge is 0.239 e. The summed E-state index contributed by atoms with van der Waals surface area (Å²) in [6.07, 6.45) is 10.8. The fraction of sp³-hybridized carbons (Fsp3) is 0.941. The van der Waals surface area contributed by atoms with Gasteiger partial charge in [-0.3, -0.25) is 4.79 Å². The maximum atomic E-state index is 12.5. The van der Waals surface area contributed by atoms with Crippen molar-refractivity contribution >= 4 is 5.91 Å². The van der Waals surface area contributed by atoms with Crippen LogP contribution < -0.4 is 5.32 Å². The summed E-state index contributed by atoms with van der Waals surface area (Å²) in [6, 6.07) is 0.0808. The maximum Gasteiger partial charge on any atom is 0.239 e. The van der Waals surface area contributed by atoms with E-state index in [1.807, 2.05) is 4.90 Å². The molecule has 0 spiro atoms. The molecule has 1 aliphatic heterocycles. The van der Waals surface area contributed by atoms with Crippen LogP contribution >= 0.6 is 0 Å². The van der Waals surface area contributed by atoms with Crippen LogP contribution in [-0.4, -0.2) is 36.5 Å². The van der Waals surface area contributed by atoms with Crippen LogP contribution in [0.25, 0.3) is 0 Å². The lowest BCUT2D eigenvalue weighted by Crippen LogP contribution is -2.50. The van der Waals surface area contributed by atoms with Gasteiger partial charge in [0.05, 0.1) is 6.04 Å². The predicted molar refractivity (Wildman–Crippen MR) is 83.6 cm³/mol. The van der Waals surface area contributed by atoms with Gasteiger partial charge in [0, 0.05) is 13.1 Å². The van der Waals surface area contributed by atoms with Crippen molar-refractivity contribution in [3.8, 4) is 0 Å². The molecular formula is C17H32N2O. The number of hydrogen-bond donors (Lipinski definition) is 1. The molecule has 1 N–H and O–H groups in total. The van der Waals surface area contributed by atoms with Crippen molar-refractivity contribution in [3.05, 3.63) is 0 Å². The van der Waals surface area contributed by atoms with Crippen LogP contribution in [0.15, 0.2) is 0 Å². The Kier molecular flexibility index (Phi) is 6.34. The van der Waals surface area contributed by atoms with Crippen LogP contribution in [0.3, 0.4) is 0 Å². The predicted octanol–water partition coefficient (Wildman–Crippen LogP) is 3.19. The second-order valence-electron chi connectivity index (χ2n) is 6.65. The molecule has 116 valence electrons. The number of likely N-dealkylation sites (N-methyl/N-ethyl adjacent to an activating group) is 1. The van der Waals surface area contributed by atoms with E-state index in [1.54, 1.807) is 0 Å². The Balaban J connectivity index is 1.82. The number of carbonyl (C=O) groups excluding carboxylic acids is 1. The van der Waals surface area contributed by atoms with Crippen LogP contribution in [-0.2, 0) is 4.79 Å². The van der Waals surface area contributed by atoms with Crippen molar-refractivity contribution in [1.29, 1.82) is 0 Å². The molecule has 2 atom stereocenters. The standard InChI is InChI=1S/C17H32N2O/c1-3-19(4-2)17(20)16-13-15(10-11-18-16)12-14-8-6-5-7-9-14/h14-16,18H,3-13H2,1-2H3. The molecule has 0 aromatic rings. The molecule has 0 radical (unpaired) electrons. The molecule has 0 bridgehead atoms. The first-order valence-electron chi connectivity index (χ1n) is 8.76. The summed E-state index contributed by atoms with van der Waals surface area (Å²) in [6.45, 7) is 6.84. The van der Waals surface area contributed by atoms with Gasteiger partial charge in [0.15, 0.2) is 0 Å². The molecule has 20 heavy (non-hydrogen) atoms. The van der Waals surface area contributed by atoms with Gasteiger partial charge in [-0.15, -0.1) is 0 Å². The van der Waals surface area contributed by atoms with Gasteiger partial charge in [0.25, 0.3) is 0 Å². The van der Waals surface area contributed by atoms with Gasteiger partial charge in [-0.2, -0.15) is 0 Å². The summed E-state index contributed by atoms with van der Waals surface area (Å²) in [7, 11) is 0. The number of hydrogen-bond acceptors (Lipinski definition) is 2. The molecule has 1 amide bonds. The summed E-state index contributed by atoms with van der Waals surface area (Å²) in [4.78, 5) is 14.4. The number of amides is 1. The molecule has 3 heteroatoms. The zero-order valence-electron chi connectivity index (χ0n) is 13.4. The van der Waals surface area contributed by atoms with Crippen LogP contribution in [0.4, 0.5) is 0 Å². The number of nitrogens with zero attached hydrogens (tertiary/aromatic N) is 1. The van der Waals surface area contributed by atoms with Crippen molar-refractivity contribution in [2.45, 2.75) is 71.3 Å². The summed E-state index contributed by atoms with van der Waals surface area (Å²) in [5.74, 6) is 2.03. The van der Waals surface area contributed by atoms with Crippen LogP contribution in [0, 0.1) is 11.8 Å². The average Bonchev–Trinajstić information content (AvgIpc) is 2.49. The molecule has 0 aromatic carbocycles. The quantitative estimate of drug-likeness (QED) is 0.839. The summed E-state index contributed by atoms with van der Waals surface area (Å²) >= 11 is 0. The molecule has 1 saturated carbocycles. The van der Waals surface area contributed by atoms with E-state index in [9.17, 15) is 4.79 Å². The highest BCUT2D eigenvalue weighted by molar-refractivity contribution is 5.82. The fourth-order valence-corrected chi connectivity index (χ4v) is 4.05. The number of carbonyl (C=O) groups is 1. The first kappa shape index (κ1) is 15.8. The molecule has 2 fully saturated rings. The van der Waals surface area contributed by atoms with E-state index in [1.165, 1.54) is 44.9 Å². The van der Waals surface area contributed by atoms with E-state index >= 15 is 0 Å². The highest BCUT2D eigenvalue weighted by Crippen LogP contribution is 2.33. The topological polar surface area (TPSA) is 32.3 Å². The molecule has 3 nitrogen and oxygen atoms in total. The highest BCUT2D eigenvalue weighted by atomic mass is 16.2. The lowest BCUT2D eigenvalue weighted by molar-refractivity contribution is -0.134. The first-order valence-corrected chi connectivity index (χ1v) is 8.76. The second kappa shape index (κ2) is 8.02. The van der Waals surface area contributed by atoms with Crippen LogP contribution in [0.5, 0.6) is 0 Å². The fourth-order valence-electron chi connectivity index (χ4n) is 4.05. The number of rotatable bonds is 5. The van der Waals surface area contributed by atoms with Gasteiger partial charge < -0.3 is 10.2 Å². The molecule has 0 aromatic heterocycles. The Labute approximate surface area is 124 Å². The Morgan fingerprint density at radius 1 is 1.05 bits per heavy atom. The SMILES string of the molecule is CCN(CC)C(=O)C1CC(CC2CCCCC2)CCN1. The lowest BCUT2D eigenvalue weighted by Gasteiger charge is -2.35. The normalized spacial score (nSPS) is 28.3. The van der Waals surface area contributed by atoms with Gasteiger partial charge in [-0.1, -0.05) is 32.1 Å². The van der Waals surface area contributed by atoms with Crippen molar-refractivity contribution in [2.75, 3.05) is 19.6 Å². The van der Waals surface area contributed by atoms with Gasteiger partial charge in [-0.05, 0) is 51.5 Å². The molecule has 1 aliphatic carbocycles. The van der Waals surface area contributed by atoms with Crippen molar-refractivity contribution in [2.24, 2.45) is 11.8 Å². The van der Waals surface area contributed by atoms with Crippen LogP contribution in [0.2, 0.25) is 0 Å². The zero-order chi connectivity index (χ0) is 14.4. The molecule has 2 unspecified atom stereocenters. The van der Waals surface area contributed by atoms with Crippen molar-refractivity contribution in [1.82, 2.24) is 10.2 Å². The molecule has 1 saturated heterocycles. The molecule has 1 heterocycles. The third-order valence-electron chi connectivity index (χ3n) is 5.28. The molecular weight excluding hydrogens is 248 g/mol. The van der Waals surface area contributed by atoms with Crippen molar-refractivity contribution in [3.63, 3.8) is 0 Å². The maximum absolute atomic E-state index is 12.5. The second-order valence-corrected chi connectivity index (χ2v) is 6.65. The monoisotopic (exact) mass is 280 g/mol. The van der Waals surface area contributed by atoms with Gasteiger partial charge in [-0.25, -0.2) is 0 Å². The van der Waals surface area contributed by atoms with E-state index in [0.29, 0.717) is 5.91 Å². The Morgan fingerprint density at radius 3 is 2.40 bits per heavy atom. The Morgan fingerprint density at radius 2 is 1.75 bits per heavy atom. The van der Waals surface area contributed by atoms with Gasteiger partial charge in [0.2, 0.25) is 5.91 Å². The lowest BCUT2D eigenvalue weighted by atomic mass is 9.78. The minimum Gasteiger partial charge on any atom is -0.342 e. The summed E-state index contributed by atoms with van der Waals surface area (Å²) < 4.78 is 0. The van der Waals surface area contributed by atoms with E-state index in [4.69, 9.17) is 0 Å². The number of piperidine rings is 1. The molecule has 2 aliphatic rings. The van der Waals surface area contributed by atoms with Crippen LogP contribution in [0.1, 0.15) is 65.2 Å². The Bertz CT molecular complexity index is 295. The van der Waals surface area contributed by atoms with Crippen molar-refractivity contribution < 1.29 is 4.79 Å². The summed E-state index contributed by atoms with van der Waals surface area (Å²) in [5, 5.41) is 3.44. The Hall–Kier alpha value is -0.570. The van der Waals surface area contributed by atoms with Gasteiger partial charge >= 0.3 is 0 Å². The first-order chi connectivity index (χ1) is 9.74. The van der Waals surface area contributed by atoms with E-state index in [0.717, 1.165) is 37.9 Å².